The number of anilines is 1. The molecule has 3 aromatic rings. The fourth-order valence-electron chi connectivity index (χ4n) is 3.64. The smallest absolute Gasteiger partial charge is 0.243 e. The average molecular weight is 479 g/mol. The van der Waals surface area contributed by atoms with E-state index in [0.717, 1.165) is 22.6 Å². The molecular weight excluding hydrogens is 448 g/mol. The van der Waals surface area contributed by atoms with E-state index in [1.54, 1.807) is 22.9 Å². The van der Waals surface area contributed by atoms with Gasteiger partial charge in [0.1, 0.15) is 0 Å². The van der Waals surface area contributed by atoms with E-state index in [9.17, 15) is 13.2 Å². The summed E-state index contributed by atoms with van der Waals surface area (Å²) < 4.78 is 30.9. The third-order valence-corrected chi connectivity index (χ3v) is 8.47. The van der Waals surface area contributed by atoms with Gasteiger partial charge >= 0.3 is 0 Å². The number of sulfonamides is 1. The number of thioether (sulfide) groups is 1. The first-order valence-corrected chi connectivity index (χ1v) is 13.0. The molecule has 0 aliphatic rings. The highest BCUT2D eigenvalue weighted by molar-refractivity contribution is 7.99. The summed E-state index contributed by atoms with van der Waals surface area (Å²) in [5, 5.41) is 7.92. The molecule has 0 aliphatic carbocycles. The number of hydrogen-bond donors (Lipinski definition) is 1. The molecule has 3 rings (SSSR count). The Hall–Kier alpha value is -2.37. The number of aromatic nitrogens is 4. The van der Waals surface area contributed by atoms with Crippen molar-refractivity contribution in [2.75, 3.05) is 24.2 Å². The Bertz CT molecular complexity index is 1240. The SMILES string of the molecule is CCN(CC)S(=O)(=O)c1ccc2c(c1)nc(SCC(=O)Nc1c(C)nn(C)c1C)n2CC. The summed E-state index contributed by atoms with van der Waals surface area (Å²) in [5.74, 6) is 0.0375. The molecule has 32 heavy (non-hydrogen) atoms. The number of fused-ring (bicyclic) bond motifs is 1. The zero-order chi connectivity index (χ0) is 23.6. The number of nitrogens with zero attached hydrogens (tertiary/aromatic N) is 5. The van der Waals surface area contributed by atoms with Crippen LogP contribution in [0.5, 0.6) is 0 Å². The monoisotopic (exact) mass is 478 g/mol. The van der Waals surface area contributed by atoms with E-state index in [1.807, 2.05) is 46.2 Å². The predicted molar refractivity (Wildman–Crippen MR) is 128 cm³/mol. The van der Waals surface area contributed by atoms with Gasteiger partial charge in [0.15, 0.2) is 5.16 Å². The third kappa shape index (κ3) is 4.55. The van der Waals surface area contributed by atoms with Gasteiger partial charge in [-0.2, -0.15) is 9.40 Å². The topological polar surface area (TPSA) is 102 Å². The average Bonchev–Trinajstić information content (AvgIpc) is 3.23. The van der Waals surface area contributed by atoms with Crippen molar-refractivity contribution in [1.29, 1.82) is 0 Å². The van der Waals surface area contributed by atoms with Crippen LogP contribution in [0.3, 0.4) is 0 Å². The number of rotatable bonds is 9. The molecule has 1 amide bonds. The van der Waals surface area contributed by atoms with Crippen LogP contribution in [-0.2, 0) is 28.4 Å². The highest BCUT2D eigenvalue weighted by atomic mass is 32.2. The molecule has 0 bridgehead atoms. The summed E-state index contributed by atoms with van der Waals surface area (Å²) in [5.41, 5.74) is 3.83. The van der Waals surface area contributed by atoms with E-state index in [-0.39, 0.29) is 16.6 Å². The van der Waals surface area contributed by atoms with Crippen LogP contribution in [0, 0.1) is 13.8 Å². The molecule has 0 saturated heterocycles. The number of nitrogens with one attached hydrogen (secondary N) is 1. The summed E-state index contributed by atoms with van der Waals surface area (Å²) in [6.45, 7) is 10.9. The summed E-state index contributed by atoms with van der Waals surface area (Å²) >= 11 is 1.32. The lowest BCUT2D eigenvalue weighted by atomic mass is 10.3. The summed E-state index contributed by atoms with van der Waals surface area (Å²) in [6.07, 6.45) is 0. The van der Waals surface area contributed by atoms with Gasteiger partial charge in [-0.15, -0.1) is 0 Å². The largest absolute Gasteiger partial charge is 0.322 e. The molecular formula is C21H30N6O3S2. The maximum Gasteiger partial charge on any atom is 0.243 e. The van der Waals surface area contributed by atoms with Crippen LogP contribution >= 0.6 is 11.8 Å². The minimum absolute atomic E-state index is 0.145. The Morgan fingerprint density at radius 2 is 1.88 bits per heavy atom. The molecule has 0 atom stereocenters. The van der Waals surface area contributed by atoms with Crippen LogP contribution in [-0.4, -0.2) is 56.8 Å². The van der Waals surface area contributed by atoms with E-state index in [0.29, 0.717) is 30.3 Å². The minimum atomic E-state index is -3.56. The lowest BCUT2D eigenvalue weighted by molar-refractivity contribution is -0.113. The molecule has 174 valence electrons. The van der Waals surface area contributed by atoms with Gasteiger partial charge in [-0.3, -0.25) is 9.48 Å². The Balaban J connectivity index is 1.83. The van der Waals surface area contributed by atoms with Crippen LogP contribution in [0.25, 0.3) is 11.0 Å². The van der Waals surface area contributed by atoms with Crippen molar-refractivity contribution in [1.82, 2.24) is 23.6 Å². The maximum atomic E-state index is 12.9. The molecule has 2 aromatic heterocycles. The fourth-order valence-corrected chi connectivity index (χ4v) is 5.99. The summed E-state index contributed by atoms with van der Waals surface area (Å²) in [4.78, 5) is 17.4. The molecule has 0 radical (unpaired) electrons. The number of amides is 1. The normalized spacial score (nSPS) is 12.1. The Kier molecular flexibility index (Phi) is 7.31. The van der Waals surface area contributed by atoms with Crippen molar-refractivity contribution in [2.24, 2.45) is 7.05 Å². The molecule has 9 nitrogen and oxygen atoms in total. The second kappa shape index (κ2) is 9.63. The number of imidazole rings is 1. The molecule has 0 fully saturated rings. The summed E-state index contributed by atoms with van der Waals surface area (Å²) in [7, 11) is -1.73. The van der Waals surface area contributed by atoms with Gasteiger partial charge in [-0.1, -0.05) is 25.6 Å². The first kappa shape index (κ1) is 24.3. The molecule has 11 heteroatoms. The van der Waals surface area contributed by atoms with Crippen molar-refractivity contribution >= 4 is 44.4 Å². The zero-order valence-corrected chi connectivity index (χ0v) is 21.0. The zero-order valence-electron chi connectivity index (χ0n) is 19.3. The molecule has 2 heterocycles. The van der Waals surface area contributed by atoms with Crippen molar-refractivity contribution < 1.29 is 13.2 Å². The van der Waals surface area contributed by atoms with Gasteiger partial charge in [-0.05, 0) is 39.0 Å². The number of aryl methyl sites for hydroxylation is 3. The van der Waals surface area contributed by atoms with E-state index in [1.165, 1.54) is 16.1 Å². The molecule has 0 unspecified atom stereocenters. The van der Waals surface area contributed by atoms with Crippen LogP contribution in [0.15, 0.2) is 28.3 Å². The molecule has 0 spiro atoms. The van der Waals surface area contributed by atoms with Gasteiger partial charge in [-0.25, -0.2) is 13.4 Å². The van der Waals surface area contributed by atoms with Crippen LogP contribution in [0.4, 0.5) is 5.69 Å². The van der Waals surface area contributed by atoms with Crippen LogP contribution in [0.1, 0.15) is 32.2 Å². The summed E-state index contributed by atoms with van der Waals surface area (Å²) in [6, 6.07) is 5.02. The van der Waals surface area contributed by atoms with E-state index in [4.69, 9.17) is 0 Å². The van der Waals surface area contributed by atoms with Crippen molar-refractivity contribution in [2.45, 2.75) is 51.2 Å². The first-order valence-electron chi connectivity index (χ1n) is 10.6. The lowest BCUT2D eigenvalue weighted by Crippen LogP contribution is -2.30. The highest BCUT2D eigenvalue weighted by Gasteiger charge is 2.23. The number of benzene rings is 1. The Morgan fingerprint density at radius 1 is 1.19 bits per heavy atom. The lowest BCUT2D eigenvalue weighted by Gasteiger charge is -2.18. The number of hydrogen-bond acceptors (Lipinski definition) is 6. The van der Waals surface area contributed by atoms with Gasteiger partial charge in [0.05, 0.1) is 38.8 Å². The number of carbonyl (C=O) groups excluding carboxylic acids is 1. The fraction of sp³-hybridized carbons (Fsp3) is 0.476. The molecule has 0 aliphatic heterocycles. The predicted octanol–water partition coefficient (Wildman–Crippen LogP) is 3.17. The van der Waals surface area contributed by atoms with E-state index in [2.05, 4.69) is 15.4 Å². The van der Waals surface area contributed by atoms with E-state index >= 15 is 0 Å². The molecule has 0 saturated carbocycles. The van der Waals surface area contributed by atoms with Gasteiger partial charge < -0.3 is 9.88 Å². The quantitative estimate of drug-likeness (QED) is 0.474. The van der Waals surface area contributed by atoms with Crippen LogP contribution < -0.4 is 5.32 Å². The highest BCUT2D eigenvalue weighted by Crippen LogP contribution is 2.28. The van der Waals surface area contributed by atoms with Crippen molar-refractivity contribution in [3.8, 4) is 0 Å². The van der Waals surface area contributed by atoms with Gasteiger partial charge in [0.25, 0.3) is 0 Å². The Labute approximate surface area is 193 Å². The molecule has 1 aromatic carbocycles. The standard InChI is InChI=1S/C21H30N6O3S2/c1-7-26(8-2)32(29,30)16-10-11-18-17(12-16)22-21(27(18)9-3)31-13-19(28)23-20-14(4)24-25(6)15(20)5/h10-12H,7-9,13H2,1-6H3,(H,23,28). The van der Waals surface area contributed by atoms with Gasteiger partial charge in [0.2, 0.25) is 15.9 Å². The second-order valence-corrected chi connectivity index (χ2v) is 10.3. The third-order valence-electron chi connectivity index (χ3n) is 5.45. The minimum Gasteiger partial charge on any atom is -0.322 e. The maximum absolute atomic E-state index is 12.9. The number of carbonyl (C=O) groups is 1. The van der Waals surface area contributed by atoms with Crippen molar-refractivity contribution in [3.63, 3.8) is 0 Å². The second-order valence-electron chi connectivity index (χ2n) is 7.38. The molecule has 1 N–H and O–H groups in total. The van der Waals surface area contributed by atoms with E-state index < -0.39 is 10.0 Å². The Morgan fingerprint density at radius 3 is 2.44 bits per heavy atom. The van der Waals surface area contributed by atoms with Gasteiger partial charge in [0, 0.05) is 26.7 Å². The van der Waals surface area contributed by atoms with Crippen LogP contribution in [0.2, 0.25) is 0 Å². The first-order chi connectivity index (χ1) is 15.1. The van der Waals surface area contributed by atoms with Crippen molar-refractivity contribution in [3.05, 3.63) is 29.6 Å².